The summed E-state index contributed by atoms with van der Waals surface area (Å²) >= 11 is 0. The minimum Gasteiger partial charge on any atom is -0.460 e. The summed E-state index contributed by atoms with van der Waals surface area (Å²) in [6, 6.07) is -0.750. The van der Waals surface area contributed by atoms with Crippen LogP contribution in [0, 0.1) is 0 Å². The second-order valence-electron chi connectivity index (χ2n) is 5.92. The first-order valence-electron chi connectivity index (χ1n) is 7.97. The number of hydrogen-bond acceptors (Lipinski definition) is 5. The summed E-state index contributed by atoms with van der Waals surface area (Å²) < 4.78 is 5.23. The molecule has 2 heterocycles. The van der Waals surface area contributed by atoms with Crippen molar-refractivity contribution in [2.24, 2.45) is 0 Å². The molecule has 7 nitrogen and oxygen atoms in total. The van der Waals surface area contributed by atoms with Gasteiger partial charge in [0.2, 0.25) is 11.8 Å². The minimum absolute atomic E-state index is 0.0680. The van der Waals surface area contributed by atoms with Crippen LogP contribution >= 0.6 is 0 Å². The standard InChI is InChI=1S/C15H25N3O4/c1-11(22-12(2)19)14(15(21)17-8-3-4-9-17)18-10-16-7-5-6-13(18)20/h11,14,16H,3-10H2,1-2H3. The van der Waals surface area contributed by atoms with Crippen molar-refractivity contribution in [3.63, 3.8) is 0 Å². The molecule has 0 spiro atoms. The van der Waals surface area contributed by atoms with Gasteiger partial charge in [-0.05, 0) is 32.7 Å². The molecule has 2 unspecified atom stereocenters. The smallest absolute Gasteiger partial charge is 0.302 e. The first-order valence-corrected chi connectivity index (χ1v) is 7.97. The Balaban J connectivity index is 2.20. The molecule has 0 bridgehead atoms. The van der Waals surface area contributed by atoms with Gasteiger partial charge < -0.3 is 14.5 Å². The van der Waals surface area contributed by atoms with Crippen LogP contribution in [0.5, 0.6) is 0 Å². The summed E-state index contributed by atoms with van der Waals surface area (Å²) in [6.45, 7) is 5.47. The van der Waals surface area contributed by atoms with Crippen molar-refractivity contribution in [2.45, 2.75) is 51.7 Å². The average Bonchev–Trinajstić information content (AvgIpc) is 2.91. The molecule has 124 valence electrons. The molecule has 2 rings (SSSR count). The zero-order valence-corrected chi connectivity index (χ0v) is 13.3. The topological polar surface area (TPSA) is 79.0 Å². The average molecular weight is 311 g/mol. The largest absolute Gasteiger partial charge is 0.460 e. The molecule has 2 aliphatic rings. The molecule has 0 aliphatic carbocycles. The molecule has 1 N–H and O–H groups in total. The lowest BCUT2D eigenvalue weighted by molar-refractivity contribution is -0.159. The van der Waals surface area contributed by atoms with Crippen LogP contribution in [0.3, 0.4) is 0 Å². The molecular weight excluding hydrogens is 286 g/mol. The maximum absolute atomic E-state index is 12.8. The van der Waals surface area contributed by atoms with Gasteiger partial charge in [-0.3, -0.25) is 19.7 Å². The van der Waals surface area contributed by atoms with E-state index < -0.39 is 18.1 Å². The third-order valence-electron chi connectivity index (χ3n) is 4.15. The maximum Gasteiger partial charge on any atom is 0.302 e. The molecule has 0 aromatic carbocycles. The van der Waals surface area contributed by atoms with Gasteiger partial charge in [-0.1, -0.05) is 0 Å². The number of nitrogens with one attached hydrogen (secondary N) is 1. The fourth-order valence-corrected chi connectivity index (χ4v) is 3.09. The lowest BCUT2D eigenvalue weighted by atomic mass is 10.1. The predicted octanol–water partition coefficient (Wildman–Crippen LogP) is 0.0985. The van der Waals surface area contributed by atoms with E-state index in [9.17, 15) is 14.4 Å². The molecule has 2 aliphatic heterocycles. The van der Waals surface area contributed by atoms with Crippen LogP contribution in [-0.4, -0.2) is 66.0 Å². The van der Waals surface area contributed by atoms with Crippen LogP contribution in [0.2, 0.25) is 0 Å². The molecule has 0 aromatic rings. The van der Waals surface area contributed by atoms with Crippen molar-refractivity contribution in [3.05, 3.63) is 0 Å². The van der Waals surface area contributed by atoms with Gasteiger partial charge in [-0.25, -0.2) is 0 Å². The highest BCUT2D eigenvalue weighted by atomic mass is 16.5. The summed E-state index contributed by atoms with van der Waals surface area (Å²) in [7, 11) is 0. The predicted molar refractivity (Wildman–Crippen MR) is 79.8 cm³/mol. The van der Waals surface area contributed by atoms with Gasteiger partial charge in [0.05, 0.1) is 6.67 Å². The molecule has 22 heavy (non-hydrogen) atoms. The Morgan fingerprint density at radius 1 is 1.23 bits per heavy atom. The quantitative estimate of drug-likeness (QED) is 0.745. The zero-order valence-electron chi connectivity index (χ0n) is 13.3. The van der Waals surface area contributed by atoms with Crippen molar-refractivity contribution in [2.75, 3.05) is 26.3 Å². The van der Waals surface area contributed by atoms with Gasteiger partial charge >= 0.3 is 5.97 Å². The van der Waals surface area contributed by atoms with Crippen LogP contribution in [-0.2, 0) is 19.1 Å². The van der Waals surface area contributed by atoms with E-state index in [-0.39, 0.29) is 11.8 Å². The fourth-order valence-electron chi connectivity index (χ4n) is 3.09. The van der Waals surface area contributed by atoms with Gasteiger partial charge in [0.15, 0.2) is 0 Å². The van der Waals surface area contributed by atoms with Gasteiger partial charge in [0.25, 0.3) is 0 Å². The van der Waals surface area contributed by atoms with E-state index in [1.807, 2.05) is 0 Å². The molecule has 0 aromatic heterocycles. The minimum atomic E-state index is -0.750. The Hall–Kier alpha value is -1.63. The van der Waals surface area contributed by atoms with Crippen LogP contribution < -0.4 is 5.32 Å². The molecule has 2 fully saturated rings. The highest BCUT2D eigenvalue weighted by molar-refractivity contribution is 5.88. The Kier molecular flexibility index (Phi) is 5.76. The van der Waals surface area contributed by atoms with Gasteiger partial charge in [-0.15, -0.1) is 0 Å². The summed E-state index contributed by atoms with van der Waals surface area (Å²) in [4.78, 5) is 39.7. The Labute approximate surface area is 131 Å². The van der Waals surface area contributed by atoms with Crippen molar-refractivity contribution in [1.82, 2.24) is 15.1 Å². The lowest BCUT2D eigenvalue weighted by Gasteiger charge is -2.35. The van der Waals surface area contributed by atoms with Gasteiger partial charge in [0, 0.05) is 26.4 Å². The summed E-state index contributed by atoms with van der Waals surface area (Å²) in [5.74, 6) is -0.633. The lowest BCUT2D eigenvalue weighted by Crippen LogP contribution is -2.57. The van der Waals surface area contributed by atoms with E-state index in [1.54, 1.807) is 11.8 Å². The number of rotatable bonds is 4. The van der Waals surface area contributed by atoms with Crippen LogP contribution in [0.4, 0.5) is 0 Å². The van der Waals surface area contributed by atoms with Gasteiger partial charge in [0.1, 0.15) is 12.1 Å². The van der Waals surface area contributed by atoms with Crippen molar-refractivity contribution >= 4 is 17.8 Å². The molecule has 0 radical (unpaired) electrons. The van der Waals surface area contributed by atoms with E-state index in [4.69, 9.17) is 4.74 Å². The van der Waals surface area contributed by atoms with E-state index in [2.05, 4.69) is 5.32 Å². The highest BCUT2D eigenvalue weighted by Crippen LogP contribution is 2.18. The van der Waals surface area contributed by atoms with E-state index >= 15 is 0 Å². The molecule has 2 amide bonds. The third kappa shape index (κ3) is 3.97. The first kappa shape index (κ1) is 16.7. The Morgan fingerprint density at radius 2 is 1.91 bits per heavy atom. The van der Waals surface area contributed by atoms with E-state index in [1.165, 1.54) is 11.8 Å². The number of ether oxygens (including phenoxy) is 1. The maximum atomic E-state index is 12.8. The number of likely N-dealkylation sites (tertiary alicyclic amines) is 1. The van der Waals surface area contributed by atoms with Crippen molar-refractivity contribution < 1.29 is 19.1 Å². The second-order valence-corrected chi connectivity index (χ2v) is 5.92. The SMILES string of the molecule is CC(=O)OC(C)C(C(=O)N1CCCC1)N1CNCCCC1=O. The molecular formula is C15H25N3O4. The molecule has 2 saturated heterocycles. The second kappa shape index (κ2) is 7.58. The number of carbonyl (C=O) groups is 3. The highest BCUT2D eigenvalue weighted by Gasteiger charge is 2.39. The van der Waals surface area contributed by atoms with Gasteiger partial charge in [-0.2, -0.15) is 0 Å². The molecule has 0 saturated carbocycles. The first-order chi connectivity index (χ1) is 10.5. The number of nitrogens with zero attached hydrogens (tertiary/aromatic N) is 2. The Morgan fingerprint density at radius 3 is 2.55 bits per heavy atom. The monoisotopic (exact) mass is 311 g/mol. The van der Waals surface area contributed by atoms with E-state index in [0.717, 1.165) is 25.8 Å². The molecule has 7 heteroatoms. The number of carbonyl (C=O) groups excluding carboxylic acids is 3. The van der Waals surface area contributed by atoms with Crippen LogP contribution in [0.25, 0.3) is 0 Å². The molecule has 2 atom stereocenters. The number of esters is 1. The van der Waals surface area contributed by atoms with Crippen molar-refractivity contribution in [1.29, 1.82) is 0 Å². The van der Waals surface area contributed by atoms with Crippen LogP contribution in [0.15, 0.2) is 0 Å². The summed E-state index contributed by atoms with van der Waals surface area (Å²) in [5.41, 5.74) is 0. The third-order valence-corrected chi connectivity index (χ3v) is 4.15. The fraction of sp³-hybridized carbons (Fsp3) is 0.800. The number of hydrogen-bond donors (Lipinski definition) is 1. The normalized spacial score (nSPS) is 22.2. The number of amides is 2. The Bertz CT molecular complexity index is 435. The van der Waals surface area contributed by atoms with E-state index in [0.29, 0.717) is 26.2 Å². The van der Waals surface area contributed by atoms with Crippen LogP contribution in [0.1, 0.15) is 39.5 Å². The van der Waals surface area contributed by atoms with Crippen molar-refractivity contribution in [3.8, 4) is 0 Å². The summed E-state index contributed by atoms with van der Waals surface area (Å²) in [5, 5.41) is 3.16. The zero-order chi connectivity index (χ0) is 16.1. The summed E-state index contributed by atoms with van der Waals surface area (Å²) in [6.07, 6.45) is 2.46.